The smallest absolute Gasteiger partial charge is 0.226 e. The fraction of sp³-hybridized carbons (Fsp3) is 0.409. The van der Waals surface area contributed by atoms with Crippen LogP contribution in [0.3, 0.4) is 0 Å². The highest BCUT2D eigenvalue weighted by Crippen LogP contribution is 2.51. The van der Waals surface area contributed by atoms with Crippen LogP contribution in [0.15, 0.2) is 30.2 Å². The molecule has 2 heterocycles. The summed E-state index contributed by atoms with van der Waals surface area (Å²) in [5.74, 6) is 0.980. The molecule has 6 heteroatoms. The van der Waals surface area contributed by atoms with E-state index in [0.717, 1.165) is 35.2 Å². The Balaban J connectivity index is 1.99. The molecule has 0 radical (unpaired) electrons. The van der Waals surface area contributed by atoms with E-state index >= 15 is 0 Å². The normalized spacial score (nSPS) is 26.0. The minimum absolute atomic E-state index is 0.0628. The van der Waals surface area contributed by atoms with Gasteiger partial charge < -0.3 is 9.53 Å². The number of nitrogens with zero attached hydrogens (tertiary/aromatic N) is 4. The van der Waals surface area contributed by atoms with Crippen LogP contribution in [-0.2, 0) is 16.6 Å². The van der Waals surface area contributed by atoms with Crippen molar-refractivity contribution in [2.75, 3.05) is 7.11 Å². The molecule has 2 aromatic heterocycles. The van der Waals surface area contributed by atoms with E-state index in [1.54, 1.807) is 19.5 Å². The van der Waals surface area contributed by atoms with Crippen molar-refractivity contribution in [3.8, 4) is 17.3 Å². The van der Waals surface area contributed by atoms with E-state index in [4.69, 9.17) is 16.3 Å². The van der Waals surface area contributed by atoms with Crippen LogP contribution in [0.2, 0.25) is 0 Å². The number of carbonyl (C=O) groups is 1. The zero-order valence-corrected chi connectivity index (χ0v) is 16.5. The molecular formula is C22H22N4O2. The summed E-state index contributed by atoms with van der Waals surface area (Å²) in [4.78, 5) is 29.9. The summed E-state index contributed by atoms with van der Waals surface area (Å²) in [5, 5.41) is 0. The van der Waals surface area contributed by atoms with Gasteiger partial charge in [0.2, 0.25) is 11.6 Å². The van der Waals surface area contributed by atoms with Crippen molar-refractivity contribution in [2.24, 2.45) is 11.8 Å². The third-order valence-corrected chi connectivity index (χ3v) is 6.24. The number of aromatic nitrogens is 3. The van der Waals surface area contributed by atoms with E-state index in [-0.39, 0.29) is 23.3 Å². The largest absolute Gasteiger partial charge is 0.481 e. The van der Waals surface area contributed by atoms with Crippen molar-refractivity contribution in [1.29, 1.82) is 0 Å². The van der Waals surface area contributed by atoms with Gasteiger partial charge in [0.1, 0.15) is 0 Å². The molecule has 0 unspecified atom stereocenters. The van der Waals surface area contributed by atoms with Crippen molar-refractivity contribution < 1.29 is 9.53 Å². The second kappa shape index (κ2) is 6.52. The molecule has 0 saturated heterocycles. The Hall–Kier alpha value is -3.07. The van der Waals surface area contributed by atoms with Crippen molar-refractivity contribution in [1.82, 2.24) is 15.0 Å². The third kappa shape index (κ3) is 2.54. The average molecular weight is 374 g/mol. The first-order valence-corrected chi connectivity index (χ1v) is 9.41. The zero-order valence-electron chi connectivity index (χ0n) is 16.5. The Morgan fingerprint density at radius 3 is 2.82 bits per heavy atom. The zero-order chi connectivity index (χ0) is 20.1. The van der Waals surface area contributed by atoms with E-state index in [9.17, 15) is 4.79 Å². The van der Waals surface area contributed by atoms with Gasteiger partial charge >= 0.3 is 0 Å². The highest BCUT2D eigenvalue weighted by atomic mass is 16.5. The van der Waals surface area contributed by atoms with Crippen LogP contribution in [0.25, 0.3) is 16.2 Å². The van der Waals surface area contributed by atoms with E-state index < -0.39 is 5.41 Å². The maximum atomic E-state index is 12.6. The maximum Gasteiger partial charge on any atom is 0.226 e. The topological polar surface area (TPSA) is 69.3 Å². The first kappa shape index (κ1) is 18.3. The summed E-state index contributed by atoms with van der Waals surface area (Å²) in [6.45, 7) is 13.4. The number of pyridine rings is 1. The summed E-state index contributed by atoms with van der Waals surface area (Å²) in [6.07, 6.45) is 6.92. The van der Waals surface area contributed by atoms with Gasteiger partial charge in [-0.25, -0.2) is 9.83 Å². The minimum Gasteiger partial charge on any atom is -0.481 e. The molecule has 0 aliphatic heterocycles. The Morgan fingerprint density at radius 1 is 1.36 bits per heavy atom. The van der Waals surface area contributed by atoms with Crippen LogP contribution < -0.4 is 4.74 Å². The molecule has 0 fully saturated rings. The number of rotatable bonds is 2. The molecule has 6 nitrogen and oxygen atoms in total. The van der Waals surface area contributed by atoms with Gasteiger partial charge in [0.25, 0.3) is 0 Å². The maximum absolute atomic E-state index is 12.6. The van der Waals surface area contributed by atoms with Crippen LogP contribution in [0, 0.1) is 25.3 Å². The predicted molar refractivity (Wildman–Crippen MR) is 105 cm³/mol. The molecule has 0 aromatic carbocycles. The molecule has 3 atom stereocenters. The van der Waals surface area contributed by atoms with Crippen LogP contribution in [0.5, 0.6) is 5.88 Å². The standard InChI is InChI=1S/C22H22N4O2/c1-12-11-24-9-8-14(12)20-25-19-15(21(26-20)28-5)6-7-16-13(2)18(27)17(23-4)10-22(16,19)3/h8-11,13,16H,6-7H2,1-3,5H3/t13-,16-,22-/m1/s1. The molecule has 0 N–H and O–H groups in total. The number of allylic oxidation sites excluding steroid dienone is 2. The minimum atomic E-state index is -0.507. The lowest BCUT2D eigenvalue weighted by molar-refractivity contribution is -0.121. The fourth-order valence-corrected chi connectivity index (χ4v) is 4.73. The lowest BCUT2D eigenvalue weighted by atomic mass is 9.58. The lowest BCUT2D eigenvalue weighted by Gasteiger charge is -2.45. The third-order valence-electron chi connectivity index (χ3n) is 6.24. The molecule has 2 aliphatic rings. The van der Waals surface area contributed by atoms with E-state index in [2.05, 4.69) is 21.7 Å². The number of ketones is 1. The summed E-state index contributed by atoms with van der Waals surface area (Å²) < 4.78 is 5.63. The molecule has 142 valence electrons. The number of hydrogen-bond donors (Lipinski definition) is 0. The highest BCUT2D eigenvalue weighted by molar-refractivity contribution is 6.00. The quantitative estimate of drug-likeness (QED) is 0.750. The number of carbonyl (C=O) groups excluding carboxylic acids is 1. The molecule has 0 amide bonds. The van der Waals surface area contributed by atoms with Gasteiger partial charge in [-0.3, -0.25) is 4.98 Å². The Morgan fingerprint density at radius 2 is 2.14 bits per heavy atom. The van der Waals surface area contributed by atoms with Crippen LogP contribution in [0.4, 0.5) is 0 Å². The van der Waals surface area contributed by atoms with Crippen molar-refractivity contribution in [3.63, 3.8) is 0 Å². The van der Waals surface area contributed by atoms with Crippen molar-refractivity contribution in [3.05, 3.63) is 58.5 Å². The highest BCUT2D eigenvalue weighted by Gasteiger charge is 2.49. The molecule has 28 heavy (non-hydrogen) atoms. The molecular weight excluding hydrogens is 352 g/mol. The van der Waals surface area contributed by atoms with Gasteiger partial charge in [-0.2, -0.15) is 4.98 Å². The van der Waals surface area contributed by atoms with Crippen molar-refractivity contribution >= 4 is 5.78 Å². The number of ether oxygens (including phenoxy) is 1. The van der Waals surface area contributed by atoms with Gasteiger partial charge in [0.15, 0.2) is 11.6 Å². The van der Waals surface area contributed by atoms with Crippen molar-refractivity contribution in [2.45, 2.75) is 39.0 Å². The molecule has 0 bridgehead atoms. The number of methoxy groups -OCH3 is 1. The Kier molecular flexibility index (Phi) is 4.26. The van der Waals surface area contributed by atoms with Crippen LogP contribution >= 0.6 is 0 Å². The van der Waals surface area contributed by atoms with Crippen LogP contribution in [0.1, 0.15) is 37.1 Å². The predicted octanol–water partition coefficient (Wildman–Crippen LogP) is 3.70. The van der Waals surface area contributed by atoms with Gasteiger partial charge in [0, 0.05) is 34.9 Å². The van der Waals surface area contributed by atoms with Gasteiger partial charge in [-0.1, -0.05) is 19.9 Å². The van der Waals surface area contributed by atoms with E-state index in [1.807, 2.05) is 26.0 Å². The monoisotopic (exact) mass is 374 g/mol. The Bertz CT molecular complexity index is 1050. The second-order valence-corrected chi connectivity index (χ2v) is 7.80. The number of aryl methyl sites for hydroxylation is 1. The fourth-order valence-electron chi connectivity index (χ4n) is 4.73. The summed E-state index contributed by atoms with van der Waals surface area (Å²) >= 11 is 0. The van der Waals surface area contributed by atoms with Crippen LogP contribution in [-0.4, -0.2) is 27.8 Å². The second-order valence-electron chi connectivity index (χ2n) is 7.80. The summed E-state index contributed by atoms with van der Waals surface area (Å²) in [7, 11) is 1.62. The molecule has 2 aliphatic carbocycles. The first-order chi connectivity index (χ1) is 13.4. The van der Waals surface area contributed by atoms with Gasteiger partial charge in [-0.05, 0) is 37.3 Å². The summed E-state index contributed by atoms with van der Waals surface area (Å²) in [5.41, 5.74) is 3.41. The molecule has 2 aromatic rings. The molecule has 0 spiro atoms. The molecule has 4 rings (SSSR count). The van der Waals surface area contributed by atoms with E-state index in [1.165, 1.54) is 0 Å². The first-order valence-electron chi connectivity index (χ1n) is 9.41. The lowest BCUT2D eigenvalue weighted by Crippen LogP contribution is -2.46. The SMILES string of the molecule is [C-]#[N+]C1=C[C@@]2(C)c3nc(-c4ccncc4C)nc(OC)c3CC[C@@H]2[C@@H](C)C1=O. The Labute approximate surface area is 164 Å². The molecule has 0 saturated carbocycles. The number of Topliss-reactive ketones (excluding diaryl/α,β-unsaturated/α-hetero) is 1. The van der Waals surface area contributed by atoms with Gasteiger partial charge in [0.05, 0.1) is 19.4 Å². The number of fused-ring (bicyclic) bond motifs is 3. The average Bonchev–Trinajstić information content (AvgIpc) is 2.70. The summed E-state index contributed by atoms with van der Waals surface area (Å²) in [6, 6.07) is 1.90. The van der Waals surface area contributed by atoms with E-state index in [0.29, 0.717) is 11.7 Å². The van der Waals surface area contributed by atoms with Gasteiger partial charge in [-0.15, -0.1) is 0 Å². The number of hydrogen-bond acceptors (Lipinski definition) is 5.